The minimum atomic E-state index is -0.00423. The molecule has 0 radical (unpaired) electrons. The van der Waals surface area contributed by atoms with Crippen molar-refractivity contribution >= 4 is 17.1 Å². The Hall–Kier alpha value is -2.73. The number of carbonyl (C=O) groups is 1. The minimum Gasteiger partial charge on any atom is -0.379 e. The van der Waals surface area contributed by atoms with Crippen LogP contribution in [0.3, 0.4) is 0 Å². The number of ether oxygens (including phenoxy) is 1. The Kier molecular flexibility index (Phi) is 4.43. The fourth-order valence-corrected chi connectivity index (χ4v) is 3.22. The van der Waals surface area contributed by atoms with Gasteiger partial charge in [-0.2, -0.15) is 0 Å². The molecule has 1 atom stereocenters. The predicted octanol–water partition coefficient (Wildman–Crippen LogP) is 2.43. The Morgan fingerprint density at radius 3 is 2.96 bits per heavy atom. The smallest absolute Gasteiger partial charge is 0.255 e. The van der Waals surface area contributed by atoms with Gasteiger partial charge in [-0.05, 0) is 24.5 Å². The molecule has 3 aromatic rings. The zero-order valence-electron chi connectivity index (χ0n) is 13.9. The van der Waals surface area contributed by atoms with Gasteiger partial charge in [0.15, 0.2) is 5.65 Å². The molecule has 4 rings (SSSR count). The average molecular weight is 336 g/mol. The Morgan fingerprint density at radius 2 is 2.16 bits per heavy atom. The molecule has 6 heteroatoms. The second kappa shape index (κ2) is 7.03. The van der Waals surface area contributed by atoms with Gasteiger partial charge in [-0.3, -0.25) is 4.79 Å². The fraction of sp³-hybridized carbons (Fsp3) is 0.316. The van der Waals surface area contributed by atoms with Gasteiger partial charge in [0.1, 0.15) is 0 Å². The first-order chi connectivity index (χ1) is 12.3. The molecule has 0 bridgehead atoms. The Labute approximate surface area is 145 Å². The van der Waals surface area contributed by atoms with Crippen molar-refractivity contribution in [2.75, 3.05) is 19.8 Å². The molecule has 0 saturated carbocycles. The molecule has 1 aliphatic rings. The maximum Gasteiger partial charge on any atom is 0.255 e. The molecule has 6 nitrogen and oxygen atoms in total. The number of carbonyl (C=O) groups excluding carboxylic acids is 1. The molecule has 0 unspecified atom stereocenters. The average Bonchev–Trinajstić information content (AvgIpc) is 3.34. The number of hydrogen-bond donors (Lipinski definition) is 1. The quantitative estimate of drug-likeness (QED) is 0.777. The maximum atomic E-state index is 13.1. The molecule has 1 amide bonds. The number of aromatic nitrogens is 3. The van der Waals surface area contributed by atoms with Gasteiger partial charge in [0, 0.05) is 19.3 Å². The van der Waals surface area contributed by atoms with E-state index in [2.05, 4.69) is 27.1 Å². The van der Waals surface area contributed by atoms with Crippen molar-refractivity contribution in [2.24, 2.45) is 0 Å². The molecule has 128 valence electrons. The lowest BCUT2D eigenvalue weighted by atomic mass is 10.1. The lowest BCUT2D eigenvalue weighted by Crippen LogP contribution is -2.42. The first-order valence-electron chi connectivity index (χ1n) is 8.53. The van der Waals surface area contributed by atoms with Crippen LogP contribution < -0.4 is 0 Å². The third-order valence-corrected chi connectivity index (χ3v) is 4.61. The van der Waals surface area contributed by atoms with Crippen LogP contribution in [0.15, 0.2) is 48.9 Å². The van der Waals surface area contributed by atoms with Gasteiger partial charge < -0.3 is 14.6 Å². The van der Waals surface area contributed by atoms with E-state index < -0.39 is 0 Å². The highest BCUT2D eigenvalue weighted by molar-refractivity contribution is 5.96. The summed E-state index contributed by atoms with van der Waals surface area (Å²) >= 11 is 0. The van der Waals surface area contributed by atoms with Crippen LogP contribution in [0.2, 0.25) is 0 Å². The van der Waals surface area contributed by atoms with Gasteiger partial charge in [-0.15, -0.1) is 0 Å². The summed E-state index contributed by atoms with van der Waals surface area (Å²) in [5.74, 6) is -0.00423. The number of rotatable bonds is 5. The highest BCUT2D eigenvalue weighted by atomic mass is 16.5. The first-order valence-corrected chi connectivity index (χ1v) is 8.53. The minimum absolute atomic E-state index is 0.00423. The lowest BCUT2D eigenvalue weighted by molar-refractivity contribution is 0.0656. The number of nitrogens with one attached hydrogen (secondary N) is 1. The van der Waals surface area contributed by atoms with Gasteiger partial charge in [0.05, 0.1) is 30.1 Å². The summed E-state index contributed by atoms with van der Waals surface area (Å²) in [4.78, 5) is 26.4. The third kappa shape index (κ3) is 3.39. The van der Waals surface area contributed by atoms with E-state index in [0.717, 1.165) is 18.4 Å². The number of hydrogen-bond acceptors (Lipinski definition) is 4. The van der Waals surface area contributed by atoms with E-state index in [0.29, 0.717) is 31.0 Å². The number of fused-ring (bicyclic) bond motifs is 1. The largest absolute Gasteiger partial charge is 0.379 e. The standard InChI is InChI=1S/C19H20N4O2/c24-19(15-10-17-18(20-11-15)22-13-21-17)23(16-7-9-25-12-16)8-6-14-4-2-1-3-5-14/h1-5,10-11,13,16H,6-9,12H2,(H,20,21,22)/t16-/m0/s1. The summed E-state index contributed by atoms with van der Waals surface area (Å²) in [6.07, 6.45) is 4.89. The van der Waals surface area contributed by atoms with Crippen molar-refractivity contribution in [3.8, 4) is 0 Å². The first kappa shape index (κ1) is 15.8. The number of imidazole rings is 1. The predicted molar refractivity (Wildman–Crippen MR) is 94.3 cm³/mol. The molecule has 1 saturated heterocycles. The van der Waals surface area contributed by atoms with Crippen LogP contribution in [0.5, 0.6) is 0 Å². The summed E-state index contributed by atoms with van der Waals surface area (Å²) in [7, 11) is 0. The zero-order valence-corrected chi connectivity index (χ0v) is 13.9. The van der Waals surface area contributed by atoms with Crippen LogP contribution in [0.1, 0.15) is 22.3 Å². The molecule has 3 heterocycles. The molecule has 1 aliphatic heterocycles. The van der Waals surface area contributed by atoms with E-state index in [9.17, 15) is 4.79 Å². The molecular formula is C19H20N4O2. The van der Waals surface area contributed by atoms with E-state index in [1.165, 1.54) is 5.56 Å². The van der Waals surface area contributed by atoms with Crippen molar-refractivity contribution in [3.05, 3.63) is 60.0 Å². The van der Waals surface area contributed by atoms with Crippen molar-refractivity contribution in [3.63, 3.8) is 0 Å². The van der Waals surface area contributed by atoms with Crippen LogP contribution in [0.4, 0.5) is 0 Å². The molecule has 1 fully saturated rings. The third-order valence-electron chi connectivity index (χ3n) is 4.61. The second-order valence-electron chi connectivity index (χ2n) is 6.25. The van der Waals surface area contributed by atoms with Gasteiger partial charge >= 0.3 is 0 Å². The number of benzene rings is 1. The Balaban J connectivity index is 1.56. The summed E-state index contributed by atoms with van der Waals surface area (Å²) in [6, 6.07) is 12.2. The number of H-pyrrole nitrogens is 1. The van der Waals surface area contributed by atoms with Gasteiger partial charge in [0.25, 0.3) is 5.91 Å². The molecule has 1 aromatic carbocycles. The summed E-state index contributed by atoms with van der Waals surface area (Å²) in [6.45, 7) is 1.97. The number of amides is 1. The fourth-order valence-electron chi connectivity index (χ4n) is 3.22. The van der Waals surface area contributed by atoms with Crippen LogP contribution >= 0.6 is 0 Å². The van der Waals surface area contributed by atoms with Crippen LogP contribution in [-0.2, 0) is 11.2 Å². The Morgan fingerprint density at radius 1 is 1.28 bits per heavy atom. The van der Waals surface area contributed by atoms with E-state index in [4.69, 9.17) is 4.74 Å². The molecule has 1 N–H and O–H groups in total. The maximum absolute atomic E-state index is 13.1. The van der Waals surface area contributed by atoms with E-state index in [1.807, 2.05) is 29.2 Å². The van der Waals surface area contributed by atoms with Gasteiger partial charge in [-0.25, -0.2) is 9.97 Å². The van der Waals surface area contributed by atoms with Crippen molar-refractivity contribution < 1.29 is 9.53 Å². The summed E-state index contributed by atoms with van der Waals surface area (Å²) in [5.41, 5.74) is 3.20. The molecular weight excluding hydrogens is 316 g/mol. The lowest BCUT2D eigenvalue weighted by Gasteiger charge is -2.28. The molecule has 0 spiro atoms. The number of nitrogens with zero attached hydrogens (tertiary/aromatic N) is 3. The topological polar surface area (TPSA) is 71.1 Å². The molecule has 25 heavy (non-hydrogen) atoms. The van der Waals surface area contributed by atoms with Crippen LogP contribution in [0.25, 0.3) is 11.2 Å². The van der Waals surface area contributed by atoms with Gasteiger partial charge in [-0.1, -0.05) is 30.3 Å². The summed E-state index contributed by atoms with van der Waals surface area (Å²) in [5, 5.41) is 0. The second-order valence-corrected chi connectivity index (χ2v) is 6.25. The highest BCUT2D eigenvalue weighted by Gasteiger charge is 2.28. The summed E-state index contributed by atoms with van der Waals surface area (Å²) < 4.78 is 5.51. The number of aromatic amines is 1. The van der Waals surface area contributed by atoms with Gasteiger partial charge in [0.2, 0.25) is 0 Å². The van der Waals surface area contributed by atoms with Crippen molar-refractivity contribution in [1.29, 1.82) is 0 Å². The Bertz CT molecular complexity index is 856. The number of pyridine rings is 1. The zero-order chi connectivity index (χ0) is 17.1. The molecule has 0 aliphatic carbocycles. The van der Waals surface area contributed by atoms with E-state index >= 15 is 0 Å². The normalized spacial score (nSPS) is 17.0. The van der Waals surface area contributed by atoms with E-state index in [1.54, 1.807) is 12.5 Å². The van der Waals surface area contributed by atoms with Crippen molar-refractivity contribution in [1.82, 2.24) is 19.9 Å². The highest BCUT2D eigenvalue weighted by Crippen LogP contribution is 2.18. The van der Waals surface area contributed by atoms with E-state index in [-0.39, 0.29) is 11.9 Å². The van der Waals surface area contributed by atoms with Crippen LogP contribution in [0, 0.1) is 0 Å². The van der Waals surface area contributed by atoms with Crippen LogP contribution in [-0.4, -0.2) is 51.6 Å². The van der Waals surface area contributed by atoms with Crippen molar-refractivity contribution in [2.45, 2.75) is 18.9 Å². The molecule has 2 aromatic heterocycles. The monoisotopic (exact) mass is 336 g/mol. The SMILES string of the molecule is O=C(c1cnc2nc[nH]c2c1)N(CCc1ccccc1)[C@H]1CCOC1.